The molecule has 0 aliphatic carbocycles. The smallest absolute Gasteiger partial charge is 0.251 e. The molecule has 3 aromatic rings. The van der Waals surface area contributed by atoms with Crippen LogP contribution in [0.4, 0.5) is 10.2 Å². The number of fused-ring (bicyclic) bond motifs is 2. The molecule has 8 heteroatoms. The second-order valence-electron chi connectivity index (χ2n) is 11.1. The summed E-state index contributed by atoms with van der Waals surface area (Å²) in [5.41, 5.74) is 1.45. The Kier molecular flexibility index (Phi) is 7.50. The van der Waals surface area contributed by atoms with Crippen LogP contribution >= 0.6 is 11.3 Å². The van der Waals surface area contributed by atoms with Gasteiger partial charge < -0.3 is 4.57 Å². The van der Waals surface area contributed by atoms with E-state index in [1.807, 2.05) is 23.5 Å². The Morgan fingerprint density at radius 2 is 1.73 bits per heavy atom. The van der Waals surface area contributed by atoms with Crippen molar-refractivity contribution < 1.29 is 9.28 Å². The maximum Gasteiger partial charge on any atom is 0.251 e. The maximum atomic E-state index is 14.1. The fraction of sp³-hybridized carbons (Fsp3) is 0.552. The van der Waals surface area contributed by atoms with Gasteiger partial charge in [0.1, 0.15) is 11.6 Å². The van der Waals surface area contributed by atoms with Gasteiger partial charge in [-0.15, -0.1) is 26.7 Å². The van der Waals surface area contributed by atoms with Crippen LogP contribution in [-0.2, 0) is 4.79 Å². The topological polar surface area (TPSA) is 54.3 Å². The van der Waals surface area contributed by atoms with Gasteiger partial charge in [-0.1, -0.05) is 30.5 Å². The van der Waals surface area contributed by atoms with E-state index in [2.05, 4.69) is 59.5 Å². The predicted molar refractivity (Wildman–Crippen MR) is 147 cm³/mol. The lowest BCUT2D eigenvalue weighted by atomic mass is 9.91. The molecule has 37 heavy (non-hydrogen) atoms. The molecule has 0 unspecified atom stereocenters. The molecule has 0 spiro atoms. The largest absolute Gasteiger partial charge is 0.312 e. The van der Waals surface area contributed by atoms with E-state index in [0.717, 1.165) is 37.5 Å². The minimum Gasteiger partial charge on any atom is -0.312 e. The third-order valence-corrected chi connectivity index (χ3v) is 9.33. The molecule has 2 aliphatic heterocycles. The summed E-state index contributed by atoms with van der Waals surface area (Å²) < 4.78 is 16.5. The minimum atomic E-state index is -0.612. The summed E-state index contributed by atoms with van der Waals surface area (Å²) in [5, 5.41) is 9.11. The lowest BCUT2D eigenvalue weighted by Crippen LogP contribution is -2.44. The molecule has 0 N–H and O–H groups in total. The highest BCUT2D eigenvalue weighted by atomic mass is 32.1. The standard InChI is InChI=1S/C29H38FN5OS/c1-18(2)29-32-31-20(4)34(29)26-16-24-11-12-25(17-26)33(24)15-14-27(28-13-6-19(3)37-28)22-7-9-23(10-8-22)35(30)21(5)36/h6-10,13,18,24-27H,11-12,14-17H2,1-5H3/t24-,25-,27-/m0/s1. The van der Waals surface area contributed by atoms with Gasteiger partial charge in [-0.2, -0.15) is 0 Å². The maximum absolute atomic E-state index is 14.1. The number of hydrogen-bond donors (Lipinski definition) is 0. The molecule has 0 radical (unpaired) electrons. The molecule has 2 saturated heterocycles. The molecule has 1 amide bonds. The van der Waals surface area contributed by atoms with E-state index in [1.54, 1.807) is 12.1 Å². The first kappa shape index (κ1) is 26.0. The number of aryl methyl sites for hydroxylation is 2. The number of carbonyl (C=O) groups is 1. The molecular weight excluding hydrogens is 485 g/mol. The monoisotopic (exact) mass is 523 g/mol. The van der Waals surface area contributed by atoms with Crippen molar-refractivity contribution in [2.75, 3.05) is 11.7 Å². The molecule has 0 saturated carbocycles. The van der Waals surface area contributed by atoms with Crippen LogP contribution in [0.15, 0.2) is 36.4 Å². The number of anilines is 1. The van der Waals surface area contributed by atoms with E-state index in [1.165, 1.54) is 35.1 Å². The van der Waals surface area contributed by atoms with Gasteiger partial charge in [0.2, 0.25) is 0 Å². The fourth-order valence-electron chi connectivity index (χ4n) is 6.46. The van der Waals surface area contributed by atoms with Crippen LogP contribution in [0.25, 0.3) is 0 Å². The molecule has 3 atom stereocenters. The van der Waals surface area contributed by atoms with Gasteiger partial charge >= 0.3 is 0 Å². The number of halogens is 1. The Labute approximate surface area is 223 Å². The average molecular weight is 524 g/mol. The lowest BCUT2D eigenvalue weighted by Gasteiger charge is -2.40. The fourth-order valence-corrected chi connectivity index (χ4v) is 7.50. The number of nitrogens with zero attached hydrogens (tertiary/aromatic N) is 5. The summed E-state index contributed by atoms with van der Waals surface area (Å²) in [7, 11) is 0. The lowest BCUT2D eigenvalue weighted by molar-refractivity contribution is -0.119. The molecule has 2 aliphatic rings. The van der Waals surface area contributed by atoms with Gasteiger partial charge in [-0.05, 0) is 82.3 Å². The molecule has 2 bridgehead atoms. The SMILES string of the molecule is CC(=O)N(F)c1ccc([C@H](CCN2[C@H]3CC[C@H]2CC(n2c(C)nnc2C(C)C)C3)c2ccc(C)s2)cc1. The highest BCUT2D eigenvalue weighted by Crippen LogP contribution is 2.43. The van der Waals surface area contributed by atoms with E-state index >= 15 is 0 Å². The summed E-state index contributed by atoms with van der Waals surface area (Å²) in [6, 6.07) is 13.5. The van der Waals surface area contributed by atoms with Gasteiger partial charge in [-0.25, -0.2) is 0 Å². The van der Waals surface area contributed by atoms with E-state index in [4.69, 9.17) is 0 Å². The van der Waals surface area contributed by atoms with E-state index in [-0.39, 0.29) is 16.7 Å². The van der Waals surface area contributed by atoms with Crippen LogP contribution in [0.2, 0.25) is 0 Å². The third kappa shape index (κ3) is 5.23. The summed E-state index contributed by atoms with van der Waals surface area (Å²) in [4.78, 5) is 16.8. The van der Waals surface area contributed by atoms with Crippen LogP contribution in [-0.4, -0.2) is 44.2 Å². The number of carbonyl (C=O) groups excluding carboxylic acids is 1. The van der Waals surface area contributed by atoms with E-state index in [9.17, 15) is 9.28 Å². The van der Waals surface area contributed by atoms with Crippen molar-refractivity contribution in [3.05, 3.63) is 63.4 Å². The van der Waals surface area contributed by atoms with Crippen molar-refractivity contribution in [2.45, 2.75) is 96.7 Å². The minimum absolute atomic E-state index is 0.206. The summed E-state index contributed by atoms with van der Waals surface area (Å²) in [6.45, 7) is 10.9. The number of aromatic nitrogens is 3. The number of piperidine rings is 1. The van der Waals surface area contributed by atoms with Crippen molar-refractivity contribution in [2.24, 2.45) is 0 Å². The molecular formula is C29H38FN5OS. The Balaban J connectivity index is 1.32. The van der Waals surface area contributed by atoms with Crippen LogP contribution in [0.1, 0.15) is 97.7 Å². The van der Waals surface area contributed by atoms with Gasteiger partial charge in [0.05, 0.1) is 5.69 Å². The first-order valence-electron chi connectivity index (χ1n) is 13.5. The van der Waals surface area contributed by atoms with Crippen LogP contribution in [0.3, 0.4) is 0 Å². The van der Waals surface area contributed by atoms with Crippen molar-refractivity contribution in [3.63, 3.8) is 0 Å². The van der Waals surface area contributed by atoms with Crippen LogP contribution < -0.4 is 5.12 Å². The van der Waals surface area contributed by atoms with Crippen molar-refractivity contribution in [1.29, 1.82) is 0 Å². The van der Waals surface area contributed by atoms with E-state index in [0.29, 0.717) is 24.0 Å². The van der Waals surface area contributed by atoms with Crippen LogP contribution in [0, 0.1) is 13.8 Å². The van der Waals surface area contributed by atoms with Crippen molar-refractivity contribution in [1.82, 2.24) is 19.7 Å². The van der Waals surface area contributed by atoms with Gasteiger partial charge in [0.15, 0.2) is 0 Å². The molecule has 2 fully saturated rings. The number of hydrogen-bond acceptors (Lipinski definition) is 5. The molecule has 1 aromatic carbocycles. The molecule has 4 heterocycles. The highest BCUT2D eigenvalue weighted by Gasteiger charge is 2.42. The summed E-state index contributed by atoms with van der Waals surface area (Å²) in [5.74, 6) is 2.17. The second-order valence-corrected chi connectivity index (χ2v) is 12.4. The number of rotatable bonds is 8. The number of benzene rings is 1. The molecule has 198 valence electrons. The third-order valence-electron chi connectivity index (χ3n) is 8.21. The Hall–Kier alpha value is -2.58. The van der Waals surface area contributed by atoms with Crippen molar-refractivity contribution in [3.8, 4) is 0 Å². The van der Waals surface area contributed by atoms with Gasteiger partial charge in [-0.3, -0.25) is 9.69 Å². The number of thiophene rings is 1. The predicted octanol–water partition coefficient (Wildman–Crippen LogP) is 6.71. The van der Waals surface area contributed by atoms with Crippen LogP contribution in [0.5, 0.6) is 0 Å². The Morgan fingerprint density at radius 1 is 1.05 bits per heavy atom. The zero-order valence-electron chi connectivity index (χ0n) is 22.5. The van der Waals surface area contributed by atoms with Gasteiger partial charge in [0, 0.05) is 46.6 Å². The normalized spacial score (nSPS) is 22.5. The first-order chi connectivity index (χ1) is 17.7. The summed E-state index contributed by atoms with van der Waals surface area (Å²) in [6.07, 6.45) is 5.85. The van der Waals surface area contributed by atoms with E-state index < -0.39 is 5.91 Å². The Bertz CT molecular complexity index is 1220. The summed E-state index contributed by atoms with van der Waals surface area (Å²) >= 11 is 1.84. The molecule has 2 aromatic heterocycles. The van der Waals surface area contributed by atoms with Gasteiger partial charge in [0.25, 0.3) is 5.91 Å². The molecule has 6 nitrogen and oxygen atoms in total. The zero-order chi connectivity index (χ0) is 26.3. The second kappa shape index (κ2) is 10.7. The first-order valence-corrected chi connectivity index (χ1v) is 14.3. The zero-order valence-corrected chi connectivity index (χ0v) is 23.3. The van der Waals surface area contributed by atoms with Crippen molar-refractivity contribution >= 4 is 22.9 Å². The average Bonchev–Trinajstić information content (AvgIpc) is 3.54. The number of amides is 1. The highest BCUT2D eigenvalue weighted by molar-refractivity contribution is 7.12. The molecule has 5 rings (SSSR count). The quantitative estimate of drug-likeness (QED) is 0.308. The Morgan fingerprint density at radius 3 is 2.30 bits per heavy atom.